The van der Waals surface area contributed by atoms with Crippen molar-refractivity contribution in [2.75, 3.05) is 6.61 Å². The Morgan fingerprint density at radius 2 is 1.79 bits per heavy atom. The van der Waals surface area contributed by atoms with Gasteiger partial charge in [0.1, 0.15) is 5.60 Å². The molecule has 0 amide bonds. The Labute approximate surface area is 170 Å². The summed E-state index contributed by atoms with van der Waals surface area (Å²) in [6.45, 7) is 13.1. The molecule has 4 aliphatic carbocycles. The number of ether oxygens (including phenoxy) is 3. The van der Waals surface area contributed by atoms with Gasteiger partial charge in [0.15, 0.2) is 0 Å². The monoisotopic (exact) mass is 390 g/mol. The van der Waals surface area contributed by atoms with E-state index < -0.39 is 0 Å². The van der Waals surface area contributed by atoms with Crippen LogP contribution in [0.15, 0.2) is 12.2 Å². The van der Waals surface area contributed by atoms with E-state index in [1.165, 1.54) is 6.42 Å². The molecule has 0 aromatic carbocycles. The minimum absolute atomic E-state index is 0.115. The van der Waals surface area contributed by atoms with E-state index in [0.29, 0.717) is 35.3 Å². The van der Waals surface area contributed by atoms with Gasteiger partial charge in [0.25, 0.3) is 0 Å². The van der Waals surface area contributed by atoms with Crippen LogP contribution in [0.4, 0.5) is 0 Å². The highest BCUT2D eigenvalue weighted by atomic mass is 16.6. The highest BCUT2D eigenvalue weighted by Crippen LogP contribution is 2.61. The number of esters is 1. The van der Waals surface area contributed by atoms with Gasteiger partial charge in [-0.25, -0.2) is 4.79 Å². The Morgan fingerprint density at radius 3 is 2.29 bits per heavy atom. The van der Waals surface area contributed by atoms with Crippen LogP contribution < -0.4 is 0 Å². The van der Waals surface area contributed by atoms with Crippen molar-refractivity contribution in [2.24, 2.45) is 23.7 Å². The molecule has 4 nitrogen and oxygen atoms in total. The van der Waals surface area contributed by atoms with E-state index >= 15 is 0 Å². The lowest BCUT2D eigenvalue weighted by Gasteiger charge is -2.62. The zero-order valence-electron chi connectivity index (χ0n) is 18.2. The topological polar surface area (TPSA) is 44.8 Å². The summed E-state index contributed by atoms with van der Waals surface area (Å²) in [6.07, 6.45) is 9.17. The van der Waals surface area contributed by atoms with Crippen LogP contribution in [-0.4, -0.2) is 36.0 Å². The average molecular weight is 391 g/mol. The maximum Gasteiger partial charge on any atom is 0.333 e. The van der Waals surface area contributed by atoms with Crippen LogP contribution in [0.3, 0.4) is 0 Å². The molecule has 4 heteroatoms. The molecule has 0 spiro atoms. The smallest absolute Gasteiger partial charge is 0.333 e. The third kappa shape index (κ3) is 3.56. The maximum absolute atomic E-state index is 12.3. The molecule has 0 N–H and O–H groups in total. The van der Waals surface area contributed by atoms with Crippen LogP contribution in [-0.2, 0) is 19.0 Å². The van der Waals surface area contributed by atoms with Crippen LogP contribution >= 0.6 is 0 Å². The quantitative estimate of drug-likeness (QED) is 0.429. The SMILES string of the molecule is C=C(C)C(=O)OC12CC3CC(C1)CC(OC(CC)C1COC1C(C)CC)(C3)C2. The molecular formula is C24H38O4. The molecule has 1 heterocycles. The van der Waals surface area contributed by atoms with Crippen molar-refractivity contribution >= 4 is 5.97 Å². The Morgan fingerprint density at radius 1 is 1.14 bits per heavy atom. The molecule has 1 aliphatic heterocycles. The van der Waals surface area contributed by atoms with Crippen molar-refractivity contribution < 1.29 is 19.0 Å². The van der Waals surface area contributed by atoms with Crippen LogP contribution in [0, 0.1) is 23.7 Å². The van der Waals surface area contributed by atoms with E-state index in [-0.39, 0.29) is 23.3 Å². The van der Waals surface area contributed by atoms with Crippen molar-refractivity contribution in [1.29, 1.82) is 0 Å². The first-order valence-corrected chi connectivity index (χ1v) is 11.5. The summed E-state index contributed by atoms with van der Waals surface area (Å²) in [6, 6.07) is 0. The molecule has 5 rings (SSSR count). The van der Waals surface area contributed by atoms with Crippen LogP contribution in [0.2, 0.25) is 0 Å². The fourth-order valence-corrected chi connectivity index (χ4v) is 6.89. The fourth-order valence-electron chi connectivity index (χ4n) is 6.89. The lowest BCUT2D eigenvalue weighted by atomic mass is 9.52. The van der Waals surface area contributed by atoms with E-state index in [0.717, 1.165) is 51.6 Å². The van der Waals surface area contributed by atoms with E-state index in [1.807, 2.05) is 0 Å². The summed E-state index contributed by atoms with van der Waals surface area (Å²) < 4.78 is 19.0. The largest absolute Gasteiger partial charge is 0.456 e. The highest BCUT2D eigenvalue weighted by Gasteiger charge is 2.61. The lowest BCUT2D eigenvalue weighted by molar-refractivity contribution is -0.272. The first-order valence-electron chi connectivity index (χ1n) is 11.5. The third-order valence-corrected chi connectivity index (χ3v) is 8.00. The van der Waals surface area contributed by atoms with E-state index in [1.54, 1.807) is 6.92 Å². The van der Waals surface area contributed by atoms with Crippen LogP contribution in [0.5, 0.6) is 0 Å². The second kappa shape index (κ2) is 7.43. The van der Waals surface area contributed by atoms with Crippen molar-refractivity contribution in [3.05, 3.63) is 12.2 Å². The molecule has 1 saturated heterocycles. The van der Waals surface area contributed by atoms with E-state index in [2.05, 4.69) is 27.4 Å². The van der Waals surface area contributed by atoms with E-state index in [4.69, 9.17) is 14.2 Å². The highest BCUT2D eigenvalue weighted by molar-refractivity contribution is 5.87. The molecule has 158 valence electrons. The summed E-state index contributed by atoms with van der Waals surface area (Å²) in [5.74, 6) is 2.10. The minimum Gasteiger partial charge on any atom is -0.456 e. The Balaban J connectivity index is 1.51. The van der Waals surface area contributed by atoms with E-state index in [9.17, 15) is 4.79 Å². The molecule has 0 aromatic rings. The van der Waals surface area contributed by atoms with Gasteiger partial charge in [-0.1, -0.05) is 33.8 Å². The summed E-state index contributed by atoms with van der Waals surface area (Å²) in [4.78, 5) is 12.3. The van der Waals surface area contributed by atoms with Gasteiger partial charge in [-0.3, -0.25) is 0 Å². The molecular weight excluding hydrogens is 352 g/mol. The van der Waals surface area contributed by atoms with Crippen molar-refractivity contribution in [2.45, 2.75) is 102 Å². The fraction of sp³-hybridized carbons (Fsp3) is 0.875. The number of hydrogen-bond donors (Lipinski definition) is 0. The first-order chi connectivity index (χ1) is 13.3. The predicted molar refractivity (Wildman–Crippen MR) is 109 cm³/mol. The van der Waals surface area contributed by atoms with Crippen LogP contribution in [0.25, 0.3) is 0 Å². The lowest BCUT2D eigenvalue weighted by Crippen LogP contribution is -2.63. The van der Waals surface area contributed by atoms with Gasteiger partial charge in [-0.15, -0.1) is 0 Å². The second-order valence-corrected chi connectivity index (χ2v) is 10.4. The first kappa shape index (κ1) is 20.4. The molecule has 4 saturated carbocycles. The third-order valence-electron chi connectivity index (χ3n) is 8.00. The minimum atomic E-state index is -0.329. The summed E-state index contributed by atoms with van der Waals surface area (Å²) in [5.41, 5.74) is 0.0560. The zero-order chi connectivity index (χ0) is 20.1. The van der Waals surface area contributed by atoms with Crippen LogP contribution in [0.1, 0.15) is 79.1 Å². The molecule has 6 unspecified atom stereocenters. The summed E-state index contributed by atoms with van der Waals surface area (Å²) >= 11 is 0. The average Bonchev–Trinajstić information content (AvgIpc) is 2.58. The zero-order valence-corrected chi connectivity index (χ0v) is 18.2. The van der Waals surface area contributed by atoms with Gasteiger partial charge < -0.3 is 14.2 Å². The number of carbonyl (C=O) groups excluding carboxylic acids is 1. The molecule has 0 aromatic heterocycles. The number of rotatable bonds is 8. The Hall–Kier alpha value is -0.870. The predicted octanol–water partition coefficient (Wildman–Crippen LogP) is 5.05. The molecule has 5 aliphatic rings. The normalized spacial score (nSPS) is 43.3. The van der Waals surface area contributed by atoms with Gasteiger partial charge in [-0.05, 0) is 63.2 Å². The number of hydrogen-bond acceptors (Lipinski definition) is 4. The van der Waals surface area contributed by atoms with Crippen molar-refractivity contribution in [3.63, 3.8) is 0 Å². The molecule has 4 bridgehead atoms. The molecule has 6 atom stereocenters. The standard InChI is InChI=1S/C24H38O4/c1-6-16(5)21-19(13-26-21)20(7-2)27-23-9-17-8-18(10-23)12-24(11-17,14-23)28-22(25)15(3)4/h16-21H,3,6-14H2,1-2,4-5H3. The maximum atomic E-state index is 12.3. The van der Waals surface area contributed by atoms with Gasteiger partial charge in [-0.2, -0.15) is 0 Å². The van der Waals surface area contributed by atoms with Gasteiger partial charge >= 0.3 is 5.97 Å². The molecule has 28 heavy (non-hydrogen) atoms. The van der Waals surface area contributed by atoms with Gasteiger partial charge in [0.05, 0.1) is 24.4 Å². The van der Waals surface area contributed by atoms with Gasteiger partial charge in [0.2, 0.25) is 0 Å². The number of carbonyl (C=O) groups is 1. The molecule has 5 fully saturated rings. The van der Waals surface area contributed by atoms with Crippen molar-refractivity contribution in [3.8, 4) is 0 Å². The Bertz CT molecular complexity index is 612. The molecule has 0 radical (unpaired) electrons. The summed E-state index contributed by atoms with van der Waals surface area (Å²) in [7, 11) is 0. The summed E-state index contributed by atoms with van der Waals surface area (Å²) in [5, 5.41) is 0. The second-order valence-electron chi connectivity index (χ2n) is 10.4. The Kier molecular flexibility index (Phi) is 5.41. The van der Waals surface area contributed by atoms with Crippen molar-refractivity contribution in [1.82, 2.24) is 0 Å². The van der Waals surface area contributed by atoms with Gasteiger partial charge in [0, 0.05) is 17.9 Å².